The van der Waals surface area contributed by atoms with Crippen LogP contribution in [0.1, 0.15) is 22.3 Å². The number of nitrogens with zero attached hydrogens (tertiary/aromatic N) is 4. The number of furan rings is 1. The van der Waals surface area contributed by atoms with Gasteiger partial charge in [0.25, 0.3) is 0 Å². The van der Waals surface area contributed by atoms with E-state index in [-0.39, 0.29) is 0 Å². The van der Waals surface area contributed by atoms with Gasteiger partial charge in [-0.2, -0.15) is 0 Å². The molecular weight excluding hydrogens is 781 g/mol. The van der Waals surface area contributed by atoms with Crippen LogP contribution in [0.3, 0.4) is 0 Å². The van der Waals surface area contributed by atoms with Crippen LogP contribution in [0.5, 0.6) is 0 Å². The number of benzene rings is 7. The zero-order valence-electron chi connectivity index (χ0n) is 34.7. The minimum Gasteiger partial charge on any atom is -0.454 e. The predicted molar refractivity (Wildman–Crippen MR) is 264 cm³/mol. The molecule has 0 N–H and O–H groups in total. The van der Waals surface area contributed by atoms with Gasteiger partial charge >= 0.3 is 0 Å². The monoisotopic (exact) mass is 818 g/mol. The fraction of sp³-hybridized carbons (Fsp3) is 0.0339. The Balaban J connectivity index is 0.908. The zero-order chi connectivity index (χ0) is 42.1. The van der Waals surface area contributed by atoms with Crippen molar-refractivity contribution >= 4 is 72.8 Å². The smallest absolute Gasteiger partial charge is 0.153 e. The molecule has 4 heterocycles. The first-order chi connectivity index (χ1) is 31.7. The summed E-state index contributed by atoms with van der Waals surface area (Å²) in [4.78, 5) is 17.1. The molecule has 4 aromatic heterocycles. The molecule has 0 spiro atoms. The van der Waals surface area contributed by atoms with Crippen molar-refractivity contribution in [1.29, 1.82) is 0 Å². The third kappa shape index (κ3) is 5.97. The lowest BCUT2D eigenvalue weighted by Gasteiger charge is -2.26. The second-order valence-electron chi connectivity index (χ2n) is 16.7. The van der Waals surface area contributed by atoms with Crippen molar-refractivity contribution in [2.75, 3.05) is 4.90 Å². The molecule has 5 heteroatoms. The van der Waals surface area contributed by atoms with Crippen LogP contribution in [0.4, 0.5) is 17.1 Å². The highest BCUT2D eigenvalue weighted by Crippen LogP contribution is 2.44. The van der Waals surface area contributed by atoms with E-state index in [4.69, 9.17) is 19.4 Å². The standard InChI is InChI=1S/C59H38N4O/c1-2-9-42(10-3-1)59-58-44(14-8-32-60-58)34-53(62-59)39-24-30-47(31-25-39)63(46-28-22-38(23-29-46)52-35-51-48-15-4-5-17-54(48)64-55(51)36-61-52)45-26-20-37(21-27-45)50-33-43-13-6-11-40-18-19-41-12-7-16-49(50)57(41)56(40)43/h1-10,13-36H,11-12H2. The number of anilines is 3. The molecule has 0 aliphatic heterocycles. The summed E-state index contributed by atoms with van der Waals surface area (Å²) in [5, 5.41) is 6.03. The molecule has 11 aromatic rings. The molecule has 2 aliphatic rings. The second kappa shape index (κ2) is 14.6. The van der Waals surface area contributed by atoms with Crippen LogP contribution in [0.15, 0.2) is 199 Å². The van der Waals surface area contributed by atoms with Crippen LogP contribution in [-0.2, 0) is 12.8 Å². The number of rotatable bonds is 7. The number of para-hydroxylation sites is 1. The Bertz CT molecular complexity index is 3700. The number of allylic oxidation sites excluding steroid dienone is 2. The van der Waals surface area contributed by atoms with Crippen molar-refractivity contribution in [3.05, 3.63) is 217 Å². The fourth-order valence-corrected chi connectivity index (χ4v) is 9.89. The first kappa shape index (κ1) is 36.3. The third-order valence-electron chi connectivity index (χ3n) is 13.0. The van der Waals surface area contributed by atoms with E-state index in [1.807, 2.05) is 54.9 Å². The van der Waals surface area contributed by atoms with Gasteiger partial charge in [0.15, 0.2) is 5.58 Å². The Hall–Kier alpha value is -8.41. The van der Waals surface area contributed by atoms with Crippen molar-refractivity contribution in [2.24, 2.45) is 0 Å². The molecule has 2 aliphatic carbocycles. The van der Waals surface area contributed by atoms with Gasteiger partial charge in [-0.15, -0.1) is 0 Å². The van der Waals surface area contributed by atoms with E-state index < -0.39 is 0 Å². The minimum absolute atomic E-state index is 0.789. The highest BCUT2D eigenvalue weighted by Gasteiger charge is 2.21. The molecule has 0 atom stereocenters. The number of pyridine rings is 3. The summed E-state index contributed by atoms with van der Waals surface area (Å²) in [6.45, 7) is 0. The average molecular weight is 819 g/mol. The van der Waals surface area contributed by atoms with E-state index in [2.05, 4.69) is 157 Å². The van der Waals surface area contributed by atoms with Crippen molar-refractivity contribution < 1.29 is 4.42 Å². The Morgan fingerprint density at radius 1 is 0.484 bits per heavy atom. The van der Waals surface area contributed by atoms with E-state index >= 15 is 0 Å². The fourth-order valence-electron chi connectivity index (χ4n) is 9.89. The SMILES string of the molecule is C1=Cc2cc(-c3ccc(N(c4ccc(-c5cc6c(cn5)oc5ccccc56)cc4)c4ccc(-c5cc6cccnc6c(-c6ccccc6)n5)cc4)cc3)c3c4c(ccc(c24)C1)CC=C3. The van der Waals surface area contributed by atoms with Crippen molar-refractivity contribution in [2.45, 2.75) is 12.8 Å². The predicted octanol–water partition coefficient (Wildman–Crippen LogP) is 15.4. The largest absolute Gasteiger partial charge is 0.454 e. The molecule has 0 radical (unpaired) electrons. The van der Waals surface area contributed by atoms with E-state index in [1.54, 1.807) is 0 Å². The maximum absolute atomic E-state index is 6.09. The summed E-state index contributed by atoms with van der Waals surface area (Å²) in [6, 6.07) is 60.4. The molecule has 64 heavy (non-hydrogen) atoms. The molecule has 0 saturated heterocycles. The summed E-state index contributed by atoms with van der Waals surface area (Å²) in [5.41, 5.74) is 19.4. The van der Waals surface area contributed by atoms with E-state index in [1.165, 1.54) is 44.2 Å². The van der Waals surface area contributed by atoms with Gasteiger partial charge in [-0.3, -0.25) is 9.97 Å². The number of fused-ring (bicyclic) bond motifs is 4. The van der Waals surface area contributed by atoms with E-state index in [0.717, 1.165) is 96.5 Å². The van der Waals surface area contributed by atoms with Gasteiger partial charge in [0.1, 0.15) is 5.58 Å². The molecule has 0 unspecified atom stereocenters. The van der Waals surface area contributed by atoms with Gasteiger partial charge in [-0.1, -0.05) is 127 Å². The van der Waals surface area contributed by atoms with Gasteiger partial charge in [0, 0.05) is 56.1 Å². The number of hydrogen-bond donors (Lipinski definition) is 0. The van der Waals surface area contributed by atoms with Crippen molar-refractivity contribution in [1.82, 2.24) is 15.0 Å². The zero-order valence-corrected chi connectivity index (χ0v) is 34.7. The topological polar surface area (TPSA) is 55.1 Å². The third-order valence-corrected chi connectivity index (χ3v) is 13.0. The van der Waals surface area contributed by atoms with Crippen LogP contribution < -0.4 is 4.90 Å². The Kier molecular flexibility index (Phi) is 8.28. The van der Waals surface area contributed by atoms with E-state index in [0.29, 0.717) is 0 Å². The Morgan fingerprint density at radius 3 is 1.92 bits per heavy atom. The van der Waals surface area contributed by atoms with Crippen LogP contribution in [0, 0.1) is 0 Å². The van der Waals surface area contributed by atoms with Gasteiger partial charge < -0.3 is 9.32 Å². The molecule has 0 fully saturated rings. The Labute approximate surface area is 370 Å². The summed E-state index contributed by atoms with van der Waals surface area (Å²) < 4.78 is 6.09. The lowest BCUT2D eigenvalue weighted by atomic mass is 9.81. The van der Waals surface area contributed by atoms with Gasteiger partial charge in [0.05, 0.1) is 28.8 Å². The summed E-state index contributed by atoms with van der Waals surface area (Å²) >= 11 is 0. The highest BCUT2D eigenvalue weighted by atomic mass is 16.3. The average Bonchev–Trinajstić information content (AvgIpc) is 3.74. The highest BCUT2D eigenvalue weighted by molar-refractivity contribution is 6.08. The van der Waals surface area contributed by atoms with Crippen molar-refractivity contribution in [3.63, 3.8) is 0 Å². The first-order valence-electron chi connectivity index (χ1n) is 21.8. The molecule has 0 saturated carbocycles. The van der Waals surface area contributed by atoms with Crippen molar-refractivity contribution in [3.8, 4) is 44.9 Å². The molecule has 0 amide bonds. The quantitative estimate of drug-likeness (QED) is 0.160. The van der Waals surface area contributed by atoms with Gasteiger partial charge in [-0.05, 0) is 124 Å². The molecular formula is C59H38N4O. The minimum atomic E-state index is 0.789. The normalized spacial score (nSPS) is 12.8. The lowest BCUT2D eigenvalue weighted by Crippen LogP contribution is -2.10. The summed E-state index contributed by atoms with van der Waals surface area (Å²) in [7, 11) is 0. The summed E-state index contributed by atoms with van der Waals surface area (Å²) in [6.07, 6.45) is 14.9. The second-order valence-corrected chi connectivity index (χ2v) is 16.7. The molecule has 5 nitrogen and oxygen atoms in total. The molecule has 300 valence electrons. The molecule has 7 aromatic carbocycles. The van der Waals surface area contributed by atoms with Gasteiger partial charge in [-0.25, -0.2) is 4.98 Å². The maximum atomic E-state index is 6.09. The molecule has 0 bridgehead atoms. The van der Waals surface area contributed by atoms with E-state index in [9.17, 15) is 0 Å². The van der Waals surface area contributed by atoms with Crippen LogP contribution >= 0.6 is 0 Å². The Morgan fingerprint density at radius 2 is 1.16 bits per heavy atom. The summed E-state index contributed by atoms with van der Waals surface area (Å²) in [5.74, 6) is 0. The molecule has 13 rings (SSSR count). The number of aromatic nitrogens is 3. The number of hydrogen-bond acceptors (Lipinski definition) is 5. The lowest BCUT2D eigenvalue weighted by molar-refractivity contribution is 0.667. The van der Waals surface area contributed by atoms with Crippen LogP contribution in [-0.4, -0.2) is 15.0 Å². The first-order valence-corrected chi connectivity index (χ1v) is 21.8. The van der Waals surface area contributed by atoms with Crippen LogP contribution in [0.25, 0.3) is 101 Å². The van der Waals surface area contributed by atoms with Gasteiger partial charge in [0.2, 0.25) is 0 Å². The maximum Gasteiger partial charge on any atom is 0.153 e. The van der Waals surface area contributed by atoms with Crippen LogP contribution in [0.2, 0.25) is 0 Å².